The Morgan fingerprint density at radius 1 is 1.00 bits per heavy atom. The third-order valence-corrected chi connectivity index (χ3v) is 4.89. The van der Waals surface area contributed by atoms with Gasteiger partial charge in [-0.3, -0.25) is 9.97 Å². The number of nitrogens with zero attached hydrogens (tertiary/aromatic N) is 2. The van der Waals surface area contributed by atoms with E-state index in [1.165, 1.54) is 11.1 Å². The first kappa shape index (κ1) is 15.9. The van der Waals surface area contributed by atoms with Crippen LogP contribution >= 0.6 is 0 Å². The topological polar surface area (TPSA) is 54.7 Å². The Labute approximate surface area is 147 Å². The lowest BCUT2D eigenvalue weighted by atomic mass is 9.99. The summed E-state index contributed by atoms with van der Waals surface area (Å²) in [6, 6.07) is 8.57. The zero-order valence-electron chi connectivity index (χ0n) is 14.9. The number of fused-ring (bicyclic) bond motifs is 2. The normalized spacial score (nSPS) is 13.1. The molecule has 4 heteroatoms. The van der Waals surface area contributed by atoms with Crippen molar-refractivity contribution >= 4 is 21.9 Å². The van der Waals surface area contributed by atoms with Gasteiger partial charge in [-0.1, -0.05) is 20.8 Å². The molecule has 0 radical (unpaired) electrons. The van der Waals surface area contributed by atoms with Crippen LogP contribution in [0.5, 0.6) is 0 Å². The SMILES string of the molecule is CC(C)c1cc2cc(CC[C@@H](C)c3cc4ccoc4cn3)[nH]c2cn1. The summed E-state index contributed by atoms with van der Waals surface area (Å²) in [5.74, 6) is 0.849. The van der Waals surface area contributed by atoms with Gasteiger partial charge in [-0.25, -0.2) is 0 Å². The molecule has 0 aromatic carbocycles. The van der Waals surface area contributed by atoms with Gasteiger partial charge >= 0.3 is 0 Å². The van der Waals surface area contributed by atoms with Crippen LogP contribution in [0.3, 0.4) is 0 Å². The summed E-state index contributed by atoms with van der Waals surface area (Å²) in [7, 11) is 0. The predicted octanol–water partition coefficient (Wildman–Crippen LogP) is 5.56. The Kier molecular flexibility index (Phi) is 4.04. The van der Waals surface area contributed by atoms with Crippen LogP contribution < -0.4 is 0 Å². The van der Waals surface area contributed by atoms with Gasteiger partial charge in [0.2, 0.25) is 0 Å². The minimum absolute atomic E-state index is 0.398. The lowest BCUT2D eigenvalue weighted by molar-refractivity contribution is 0.611. The fourth-order valence-electron chi connectivity index (χ4n) is 3.23. The summed E-state index contributed by atoms with van der Waals surface area (Å²) in [5.41, 5.74) is 5.48. The number of aromatic nitrogens is 3. The van der Waals surface area contributed by atoms with Crippen LogP contribution in [0, 0.1) is 0 Å². The van der Waals surface area contributed by atoms with E-state index in [4.69, 9.17) is 4.42 Å². The number of hydrogen-bond acceptors (Lipinski definition) is 3. The standard InChI is InChI=1S/C21H23N3O/c1-13(2)18-10-16-8-17(24-20(16)11-22-18)5-4-14(3)19-9-15-6-7-25-21(15)12-23-19/h6-14,24H,4-5H2,1-3H3/t14-/m1/s1. The van der Waals surface area contributed by atoms with Gasteiger partial charge in [0.1, 0.15) is 0 Å². The molecule has 1 atom stereocenters. The molecule has 0 saturated carbocycles. The molecule has 0 saturated heterocycles. The summed E-state index contributed by atoms with van der Waals surface area (Å²) in [6.07, 6.45) is 7.53. The van der Waals surface area contributed by atoms with Crippen LogP contribution in [-0.4, -0.2) is 15.0 Å². The van der Waals surface area contributed by atoms with Crippen LogP contribution in [0.2, 0.25) is 0 Å². The summed E-state index contributed by atoms with van der Waals surface area (Å²) < 4.78 is 5.37. The summed E-state index contributed by atoms with van der Waals surface area (Å²) >= 11 is 0. The average molecular weight is 333 g/mol. The van der Waals surface area contributed by atoms with Crippen molar-refractivity contribution in [3.63, 3.8) is 0 Å². The van der Waals surface area contributed by atoms with Gasteiger partial charge in [-0.2, -0.15) is 0 Å². The number of H-pyrrole nitrogens is 1. The minimum Gasteiger partial charge on any atom is -0.463 e. The Hall–Kier alpha value is -2.62. The molecule has 0 bridgehead atoms. The highest BCUT2D eigenvalue weighted by atomic mass is 16.3. The molecule has 4 aromatic rings. The maximum atomic E-state index is 5.37. The molecule has 4 aromatic heterocycles. The van der Waals surface area contributed by atoms with Crippen LogP contribution in [0.4, 0.5) is 0 Å². The van der Waals surface area contributed by atoms with E-state index in [0.717, 1.165) is 40.7 Å². The molecule has 25 heavy (non-hydrogen) atoms. The maximum Gasteiger partial charge on any atom is 0.152 e. The van der Waals surface area contributed by atoms with Crippen molar-refractivity contribution in [1.29, 1.82) is 0 Å². The van der Waals surface area contributed by atoms with Crippen molar-refractivity contribution in [3.05, 3.63) is 60.0 Å². The zero-order chi connectivity index (χ0) is 17.4. The molecule has 4 nitrogen and oxygen atoms in total. The van der Waals surface area contributed by atoms with Gasteiger partial charge < -0.3 is 9.40 Å². The number of rotatable bonds is 5. The Morgan fingerprint density at radius 2 is 1.80 bits per heavy atom. The molecule has 1 N–H and O–H groups in total. The predicted molar refractivity (Wildman–Crippen MR) is 101 cm³/mol. The van der Waals surface area contributed by atoms with Crippen molar-refractivity contribution in [2.45, 2.75) is 45.4 Å². The molecule has 4 heterocycles. The fourth-order valence-corrected chi connectivity index (χ4v) is 3.23. The molecule has 0 aliphatic rings. The van der Waals surface area contributed by atoms with Crippen LogP contribution in [-0.2, 0) is 6.42 Å². The van der Waals surface area contributed by atoms with E-state index in [1.54, 1.807) is 6.26 Å². The van der Waals surface area contributed by atoms with Gasteiger partial charge in [0, 0.05) is 27.9 Å². The first-order valence-electron chi connectivity index (χ1n) is 8.91. The average Bonchev–Trinajstić information content (AvgIpc) is 3.24. The number of furan rings is 1. The van der Waals surface area contributed by atoms with Gasteiger partial charge in [0.25, 0.3) is 0 Å². The highest BCUT2D eigenvalue weighted by molar-refractivity contribution is 5.80. The van der Waals surface area contributed by atoms with Crippen molar-refractivity contribution in [2.24, 2.45) is 0 Å². The summed E-state index contributed by atoms with van der Waals surface area (Å²) in [5, 5.41) is 2.37. The Morgan fingerprint density at radius 3 is 2.64 bits per heavy atom. The molecule has 0 amide bonds. The highest BCUT2D eigenvalue weighted by Crippen LogP contribution is 2.25. The van der Waals surface area contributed by atoms with E-state index >= 15 is 0 Å². The van der Waals surface area contributed by atoms with Crippen molar-refractivity contribution in [2.75, 3.05) is 0 Å². The van der Waals surface area contributed by atoms with E-state index < -0.39 is 0 Å². The molecule has 0 spiro atoms. The molecule has 0 aliphatic heterocycles. The van der Waals surface area contributed by atoms with E-state index in [-0.39, 0.29) is 0 Å². The second-order valence-electron chi connectivity index (χ2n) is 7.15. The number of aromatic amines is 1. The smallest absolute Gasteiger partial charge is 0.152 e. The fraction of sp³-hybridized carbons (Fsp3) is 0.333. The Balaban J connectivity index is 1.49. The van der Waals surface area contributed by atoms with Gasteiger partial charge in [0.15, 0.2) is 5.58 Å². The second kappa shape index (κ2) is 6.36. The molecule has 128 valence electrons. The third kappa shape index (κ3) is 3.16. The molecular weight excluding hydrogens is 310 g/mol. The number of aryl methyl sites for hydroxylation is 1. The van der Waals surface area contributed by atoms with Crippen LogP contribution in [0.15, 0.2) is 47.3 Å². The quantitative estimate of drug-likeness (QED) is 0.520. The highest BCUT2D eigenvalue weighted by Gasteiger charge is 2.11. The van der Waals surface area contributed by atoms with E-state index in [9.17, 15) is 0 Å². The van der Waals surface area contributed by atoms with E-state index in [0.29, 0.717) is 11.8 Å². The number of nitrogens with one attached hydrogen (secondary N) is 1. The van der Waals surface area contributed by atoms with Crippen LogP contribution in [0.1, 0.15) is 56.1 Å². The van der Waals surface area contributed by atoms with Gasteiger partial charge in [-0.15, -0.1) is 0 Å². The second-order valence-corrected chi connectivity index (χ2v) is 7.15. The molecule has 4 rings (SSSR count). The first-order chi connectivity index (χ1) is 12.1. The van der Waals surface area contributed by atoms with Gasteiger partial charge in [0.05, 0.1) is 24.2 Å². The number of pyridine rings is 2. The monoisotopic (exact) mass is 333 g/mol. The van der Waals surface area contributed by atoms with Crippen molar-refractivity contribution in [1.82, 2.24) is 15.0 Å². The van der Waals surface area contributed by atoms with Gasteiger partial charge in [-0.05, 0) is 48.9 Å². The maximum absolute atomic E-state index is 5.37. The Bertz CT molecular complexity index is 1010. The zero-order valence-corrected chi connectivity index (χ0v) is 14.9. The lowest BCUT2D eigenvalue weighted by Crippen LogP contribution is -1.99. The largest absolute Gasteiger partial charge is 0.463 e. The third-order valence-electron chi connectivity index (χ3n) is 4.89. The van der Waals surface area contributed by atoms with E-state index in [1.807, 2.05) is 18.5 Å². The van der Waals surface area contributed by atoms with Crippen molar-refractivity contribution < 1.29 is 4.42 Å². The summed E-state index contributed by atoms with van der Waals surface area (Å²) in [6.45, 7) is 6.58. The molecule has 0 unspecified atom stereocenters. The molecular formula is C21H23N3O. The molecule has 0 fully saturated rings. The number of hydrogen-bond donors (Lipinski definition) is 1. The van der Waals surface area contributed by atoms with E-state index in [2.05, 4.69) is 53.9 Å². The lowest BCUT2D eigenvalue weighted by Gasteiger charge is -2.10. The summed E-state index contributed by atoms with van der Waals surface area (Å²) in [4.78, 5) is 12.6. The van der Waals surface area contributed by atoms with Crippen LogP contribution in [0.25, 0.3) is 21.9 Å². The van der Waals surface area contributed by atoms with Crippen molar-refractivity contribution in [3.8, 4) is 0 Å². The first-order valence-corrected chi connectivity index (χ1v) is 8.91. The minimum atomic E-state index is 0.398. The molecule has 0 aliphatic carbocycles.